The Hall–Kier alpha value is -3.61. The molecule has 176 valence electrons. The first-order chi connectivity index (χ1) is 15.5. The summed E-state index contributed by atoms with van der Waals surface area (Å²) in [6.45, 7) is 10.9. The maximum absolute atomic E-state index is 13.3. The van der Waals surface area contributed by atoms with Crippen LogP contribution in [0.2, 0.25) is 0 Å². The summed E-state index contributed by atoms with van der Waals surface area (Å²) in [7, 11) is 1.54. The third-order valence-electron chi connectivity index (χ3n) is 4.86. The molecular formula is C26H33N3O4. The average Bonchev–Trinajstić information content (AvgIpc) is 2.76. The average molecular weight is 452 g/mol. The Bertz CT molecular complexity index is 983. The first kappa shape index (κ1) is 25.6. The van der Waals surface area contributed by atoms with Gasteiger partial charge in [0, 0.05) is 13.6 Å². The summed E-state index contributed by atoms with van der Waals surface area (Å²) >= 11 is 0. The van der Waals surface area contributed by atoms with Crippen LogP contribution in [0.25, 0.3) is 6.08 Å². The topological polar surface area (TPSA) is 87.7 Å². The number of hydrogen-bond acceptors (Lipinski definition) is 4. The van der Waals surface area contributed by atoms with E-state index in [-0.39, 0.29) is 5.91 Å². The highest BCUT2D eigenvalue weighted by Gasteiger charge is 2.32. The lowest BCUT2D eigenvalue weighted by Gasteiger charge is -2.30. The van der Waals surface area contributed by atoms with Crippen molar-refractivity contribution in [2.24, 2.45) is 0 Å². The number of likely N-dealkylation sites (N-methyl/N-ethyl adjacent to an activating group) is 1. The highest BCUT2D eigenvalue weighted by molar-refractivity contribution is 5.91. The number of ether oxygens (including phenoxy) is 1. The normalized spacial score (nSPS) is 12.8. The van der Waals surface area contributed by atoms with Gasteiger partial charge in [0.25, 0.3) is 0 Å². The summed E-state index contributed by atoms with van der Waals surface area (Å²) in [6.07, 6.45) is 0.979. The van der Waals surface area contributed by atoms with Gasteiger partial charge in [0.1, 0.15) is 17.7 Å². The van der Waals surface area contributed by atoms with Crippen LogP contribution in [-0.2, 0) is 20.9 Å². The van der Waals surface area contributed by atoms with Crippen molar-refractivity contribution in [3.8, 4) is 0 Å². The molecule has 0 heterocycles. The van der Waals surface area contributed by atoms with Crippen LogP contribution in [0.4, 0.5) is 4.79 Å². The van der Waals surface area contributed by atoms with E-state index in [4.69, 9.17) is 4.74 Å². The molecule has 0 bridgehead atoms. The lowest BCUT2D eigenvalue weighted by Crippen LogP contribution is -2.50. The largest absolute Gasteiger partial charge is 0.444 e. The van der Waals surface area contributed by atoms with E-state index < -0.39 is 29.7 Å². The fourth-order valence-electron chi connectivity index (χ4n) is 3.27. The molecule has 2 unspecified atom stereocenters. The maximum Gasteiger partial charge on any atom is 0.408 e. The van der Waals surface area contributed by atoms with E-state index in [0.717, 1.165) is 11.1 Å². The molecule has 0 aliphatic heterocycles. The molecule has 0 aliphatic carbocycles. The molecule has 0 radical (unpaired) electrons. The van der Waals surface area contributed by atoms with Gasteiger partial charge in [-0.05, 0) is 50.5 Å². The van der Waals surface area contributed by atoms with E-state index in [2.05, 4.69) is 17.2 Å². The first-order valence-electron chi connectivity index (χ1n) is 10.8. The standard InChI is InChI=1S/C26H33N3O4/c1-7-19-14-11-15-21(16-19)22(23(30)27-17-20-12-9-8-10-13-20)29(6)24(31)18(2)28-25(32)33-26(3,4)5/h7-16,18,22H,1,17H2,2-6H3,(H,27,30)(H,28,32). The van der Waals surface area contributed by atoms with E-state index in [1.807, 2.05) is 48.5 Å². The Kier molecular flexibility index (Phi) is 8.79. The summed E-state index contributed by atoms with van der Waals surface area (Å²) < 4.78 is 5.24. The second-order valence-electron chi connectivity index (χ2n) is 8.80. The van der Waals surface area contributed by atoms with Gasteiger partial charge >= 0.3 is 6.09 Å². The molecule has 7 heteroatoms. The van der Waals surface area contributed by atoms with Gasteiger partial charge in [0.15, 0.2) is 0 Å². The van der Waals surface area contributed by atoms with Crippen molar-refractivity contribution in [2.75, 3.05) is 7.05 Å². The van der Waals surface area contributed by atoms with Crippen LogP contribution in [0.15, 0.2) is 61.2 Å². The fraction of sp³-hybridized carbons (Fsp3) is 0.346. The molecule has 0 saturated carbocycles. The van der Waals surface area contributed by atoms with E-state index >= 15 is 0 Å². The fourth-order valence-corrected chi connectivity index (χ4v) is 3.27. The zero-order valence-electron chi connectivity index (χ0n) is 19.9. The Balaban J connectivity index is 2.23. The van der Waals surface area contributed by atoms with Crippen LogP contribution >= 0.6 is 0 Å². The first-order valence-corrected chi connectivity index (χ1v) is 10.8. The minimum Gasteiger partial charge on any atom is -0.444 e. The van der Waals surface area contributed by atoms with Gasteiger partial charge in [-0.1, -0.05) is 61.2 Å². The van der Waals surface area contributed by atoms with Gasteiger partial charge in [-0.2, -0.15) is 0 Å². The van der Waals surface area contributed by atoms with Crippen molar-refractivity contribution in [3.05, 3.63) is 77.9 Å². The molecular weight excluding hydrogens is 418 g/mol. The third-order valence-corrected chi connectivity index (χ3v) is 4.86. The SMILES string of the molecule is C=Cc1cccc(C(C(=O)NCc2ccccc2)N(C)C(=O)C(C)NC(=O)OC(C)(C)C)c1. The molecule has 2 N–H and O–H groups in total. The van der Waals surface area contributed by atoms with Gasteiger partial charge < -0.3 is 20.3 Å². The number of carbonyl (C=O) groups excluding carboxylic acids is 3. The highest BCUT2D eigenvalue weighted by atomic mass is 16.6. The van der Waals surface area contributed by atoms with Crippen LogP contribution in [0.1, 0.15) is 50.4 Å². The van der Waals surface area contributed by atoms with Crippen LogP contribution in [0.3, 0.4) is 0 Å². The Morgan fingerprint density at radius 2 is 1.76 bits per heavy atom. The molecule has 0 spiro atoms. The van der Waals surface area contributed by atoms with Crippen molar-refractivity contribution in [3.63, 3.8) is 0 Å². The number of alkyl carbamates (subject to hydrolysis) is 1. The predicted molar refractivity (Wildman–Crippen MR) is 129 cm³/mol. The summed E-state index contributed by atoms with van der Waals surface area (Å²) in [6, 6.07) is 15.0. The van der Waals surface area contributed by atoms with Crippen molar-refractivity contribution >= 4 is 24.0 Å². The number of rotatable bonds is 8. The van der Waals surface area contributed by atoms with Gasteiger partial charge in [0.05, 0.1) is 0 Å². The highest BCUT2D eigenvalue weighted by Crippen LogP contribution is 2.23. The number of hydrogen-bond donors (Lipinski definition) is 2. The maximum atomic E-state index is 13.3. The summed E-state index contributed by atoms with van der Waals surface area (Å²) in [5, 5.41) is 5.45. The molecule has 2 aromatic carbocycles. The van der Waals surface area contributed by atoms with Crippen molar-refractivity contribution in [1.29, 1.82) is 0 Å². The molecule has 2 rings (SSSR count). The van der Waals surface area contributed by atoms with Crippen molar-refractivity contribution in [2.45, 2.75) is 51.9 Å². The van der Waals surface area contributed by atoms with E-state index in [1.165, 1.54) is 4.90 Å². The zero-order chi connectivity index (χ0) is 24.6. The van der Waals surface area contributed by atoms with Crippen molar-refractivity contribution in [1.82, 2.24) is 15.5 Å². The second-order valence-corrected chi connectivity index (χ2v) is 8.80. The summed E-state index contributed by atoms with van der Waals surface area (Å²) in [5.41, 5.74) is 1.72. The molecule has 0 aliphatic rings. The Morgan fingerprint density at radius 1 is 1.09 bits per heavy atom. The van der Waals surface area contributed by atoms with E-state index in [0.29, 0.717) is 12.1 Å². The monoisotopic (exact) mass is 451 g/mol. The molecule has 0 aromatic heterocycles. The lowest BCUT2D eigenvalue weighted by atomic mass is 10.0. The van der Waals surface area contributed by atoms with E-state index in [9.17, 15) is 14.4 Å². The number of amides is 3. The summed E-state index contributed by atoms with van der Waals surface area (Å²) in [5.74, 6) is -0.759. The second kappa shape index (κ2) is 11.3. The lowest BCUT2D eigenvalue weighted by molar-refractivity contribution is -0.140. The molecule has 0 fully saturated rings. The molecule has 3 amide bonds. The van der Waals surface area contributed by atoms with Crippen LogP contribution in [0, 0.1) is 0 Å². The molecule has 0 saturated heterocycles. The predicted octanol–water partition coefficient (Wildman–Crippen LogP) is 4.06. The van der Waals surface area contributed by atoms with Crippen LogP contribution in [0.5, 0.6) is 0 Å². The van der Waals surface area contributed by atoms with Gasteiger partial charge in [-0.3, -0.25) is 9.59 Å². The summed E-state index contributed by atoms with van der Waals surface area (Å²) in [4.78, 5) is 39.9. The minimum absolute atomic E-state index is 0.324. The Morgan fingerprint density at radius 3 is 2.36 bits per heavy atom. The smallest absolute Gasteiger partial charge is 0.408 e. The van der Waals surface area contributed by atoms with Crippen LogP contribution < -0.4 is 10.6 Å². The van der Waals surface area contributed by atoms with Crippen LogP contribution in [-0.4, -0.2) is 41.5 Å². The number of nitrogens with zero attached hydrogens (tertiary/aromatic N) is 1. The molecule has 2 aromatic rings. The number of benzene rings is 2. The quantitative estimate of drug-likeness (QED) is 0.634. The molecule has 33 heavy (non-hydrogen) atoms. The number of nitrogens with one attached hydrogen (secondary N) is 2. The van der Waals surface area contributed by atoms with Gasteiger partial charge in [0.2, 0.25) is 11.8 Å². The van der Waals surface area contributed by atoms with Gasteiger partial charge in [-0.15, -0.1) is 0 Å². The zero-order valence-corrected chi connectivity index (χ0v) is 19.9. The third kappa shape index (κ3) is 7.79. The Labute approximate surface area is 195 Å². The number of carbonyl (C=O) groups is 3. The molecule has 7 nitrogen and oxygen atoms in total. The molecule has 2 atom stereocenters. The minimum atomic E-state index is -0.899. The van der Waals surface area contributed by atoms with E-state index in [1.54, 1.807) is 46.9 Å². The van der Waals surface area contributed by atoms with Crippen molar-refractivity contribution < 1.29 is 19.1 Å². The van der Waals surface area contributed by atoms with Gasteiger partial charge in [-0.25, -0.2) is 4.79 Å².